The van der Waals surface area contributed by atoms with Crippen molar-refractivity contribution in [3.8, 4) is 10.4 Å². The van der Waals surface area contributed by atoms with E-state index in [0.29, 0.717) is 40.8 Å². The van der Waals surface area contributed by atoms with Crippen LogP contribution in [0.3, 0.4) is 0 Å². The number of nitrogens with one attached hydrogen (secondary N) is 2. The van der Waals surface area contributed by atoms with Gasteiger partial charge in [-0.3, -0.25) is 19.4 Å². The summed E-state index contributed by atoms with van der Waals surface area (Å²) >= 11 is 4.83. The Morgan fingerprint density at radius 2 is 1.76 bits per heavy atom. The molecule has 1 aliphatic carbocycles. The third-order valence-corrected chi connectivity index (χ3v) is 8.28. The number of benzene rings is 2. The lowest BCUT2D eigenvalue weighted by atomic mass is 10.1. The van der Waals surface area contributed by atoms with Gasteiger partial charge in [-0.05, 0) is 73.4 Å². The number of anilines is 2. The SMILES string of the molecule is O=C(Nc1ccc(C(=O)N2CCc3cc(C(=O)NC4CC4)sc3-c3ccccc32)cc1)c1cc(Br)ccn1. The number of hydrogen-bond donors (Lipinski definition) is 2. The van der Waals surface area contributed by atoms with Crippen LogP contribution in [-0.4, -0.2) is 35.3 Å². The maximum Gasteiger partial charge on any atom is 0.274 e. The van der Waals surface area contributed by atoms with Crippen molar-refractivity contribution in [3.63, 3.8) is 0 Å². The first-order chi connectivity index (χ1) is 18.5. The van der Waals surface area contributed by atoms with Crippen molar-refractivity contribution in [1.29, 1.82) is 0 Å². The van der Waals surface area contributed by atoms with E-state index < -0.39 is 0 Å². The lowest BCUT2D eigenvalue weighted by Gasteiger charge is -2.23. The lowest BCUT2D eigenvalue weighted by molar-refractivity contribution is 0.0952. The zero-order valence-electron chi connectivity index (χ0n) is 20.2. The van der Waals surface area contributed by atoms with E-state index >= 15 is 0 Å². The minimum atomic E-state index is -0.330. The van der Waals surface area contributed by atoms with Gasteiger partial charge in [-0.25, -0.2) is 0 Å². The number of carbonyl (C=O) groups is 3. The highest BCUT2D eigenvalue weighted by molar-refractivity contribution is 9.10. The molecule has 6 rings (SSSR count). The topological polar surface area (TPSA) is 91.4 Å². The number of hydrogen-bond acceptors (Lipinski definition) is 5. The van der Waals surface area contributed by atoms with Gasteiger partial charge in [0.2, 0.25) is 0 Å². The Kier molecular flexibility index (Phi) is 6.55. The molecule has 4 aromatic rings. The average molecular weight is 587 g/mol. The molecule has 2 aromatic heterocycles. The first-order valence-corrected chi connectivity index (χ1v) is 13.9. The van der Waals surface area contributed by atoms with Crippen molar-refractivity contribution in [3.05, 3.63) is 99.1 Å². The van der Waals surface area contributed by atoms with Crippen LogP contribution in [0, 0.1) is 0 Å². The van der Waals surface area contributed by atoms with Crippen molar-refractivity contribution >= 4 is 56.4 Å². The third kappa shape index (κ3) is 4.99. The third-order valence-electron chi connectivity index (χ3n) is 6.58. The first kappa shape index (κ1) is 24.5. The second kappa shape index (κ2) is 10.2. The number of halogens is 1. The summed E-state index contributed by atoms with van der Waals surface area (Å²) in [6.07, 6.45) is 4.30. The van der Waals surface area contributed by atoms with Crippen LogP contribution in [0.2, 0.25) is 0 Å². The quantitative estimate of drug-likeness (QED) is 0.303. The van der Waals surface area contributed by atoms with Gasteiger partial charge in [0.15, 0.2) is 0 Å². The van der Waals surface area contributed by atoms with Crippen LogP contribution in [0.15, 0.2) is 77.4 Å². The van der Waals surface area contributed by atoms with Crippen LogP contribution in [-0.2, 0) is 6.42 Å². The van der Waals surface area contributed by atoms with Crippen LogP contribution in [0.1, 0.15) is 48.9 Å². The minimum absolute atomic E-state index is 0.0150. The number of fused-ring (bicyclic) bond motifs is 3. The van der Waals surface area contributed by atoms with Gasteiger partial charge in [-0.15, -0.1) is 11.3 Å². The van der Waals surface area contributed by atoms with E-state index in [2.05, 4.69) is 31.5 Å². The molecule has 3 heterocycles. The molecular weight excluding hydrogens is 564 g/mol. The molecular formula is C29H23BrN4O3S. The van der Waals surface area contributed by atoms with E-state index in [1.807, 2.05) is 30.3 Å². The molecule has 1 fully saturated rings. The van der Waals surface area contributed by atoms with Gasteiger partial charge >= 0.3 is 0 Å². The fourth-order valence-electron chi connectivity index (χ4n) is 4.48. The highest BCUT2D eigenvalue weighted by Crippen LogP contribution is 2.42. The van der Waals surface area contributed by atoms with E-state index in [0.717, 1.165) is 39.0 Å². The summed E-state index contributed by atoms with van der Waals surface area (Å²) in [7, 11) is 0. The molecule has 190 valence electrons. The minimum Gasteiger partial charge on any atom is -0.349 e. The molecule has 1 saturated carbocycles. The number of para-hydroxylation sites is 1. The number of rotatable bonds is 5. The molecule has 0 saturated heterocycles. The predicted molar refractivity (Wildman–Crippen MR) is 152 cm³/mol. The Bertz CT molecular complexity index is 1560. The van der Waals surface area contributed by atoms with E-state index in [-0.39, 0.29) is 17.7 Å². The fraction of sp³-hybridized carbons (Fsp3) is 0.172. The van der Waals surface area contributed by atoms with Gasteiger partial charge < -0.3 is 15.5 Å². The van der Waals surface area contributed by atoms with Gasteiger partial charge in [-0.1, -0.05) is 34.1 Å². The van der Waals surface area contributed by atoms with E-state index in [1.54, 1.807) is 47.5 Å². The van der Waals surface area contributed by atoms with E-state index in [4.69, 9.17) is 0 Å². The molecule has 9 heteroatoms. The zero-order chi connectivity index (χ0) is 26.2. The zero-order valence-corrected chi connectivity index (χ0v) is 22.6. The predicted octanol–water partition coefficient (Wildman–Crippen LogP) is 5.92. The van der Waals surface area contributed by atoms with Crippen LogP contribution in [0.5, 0.6) is 0 Å². The molecule has 0 bridgehead atoms. The number of nitrogens with zero attached hydrogens (tertiary/aromatic N) is 2. The monoisotopic (exact) mass is 586 g/mol. The molecule has 0 atom stereocenters. The van der Waals surface area contributed by atoms with E-state index in [1.165, 1.54) is 11.3 Å². The molecule has 2 aliphatic rings. The van der Waals surface area contributed by atoms with Gasteiger partial charge in [0.1, 0.15) is 5.69 Å². The Hall–Kier alpha value is -3.82. The summed E-state index contributed by atoms with van der Waals surface area (Å²) in [6, 6.07) is 20.4. The summed E-state index contributed by atoms with van der Waals surface area (Å²) < 4.78 is 0.767. The fourth-order valence-corrected chi connectivity index (χ4v) is 5.96. The molecule has 0 unspecified atom stereocenters. The molecule has 1 aliphatic heterocycles. The summed E-state index contributed by atoms with van der Waals surface area (Å²) in [5.41, 5.74) is 4.25. The van der Waals surface area contributed by atoms with Gasteiger partial charge in [-0.2, -0.15) is 0 Å². The molecule has 7 nitrogen and oxygen atoms in total. The van der Waals surface area contributed by atoms with Crippen molar-refractivity contribution in [2.75, 3.05) is 16.8 Å². The second-order valence-electron chi connectivity index (χ2n) is 9.33. The van der Waals surface area contributed by atoms with Crippen LogP contribution >= 0.6 is 27.3 Å². The Labute approximate surface area is 232 Å². The second-order valence-corrected chi connectivity index (χ2v) is 11.3. The van der Waals surface area contributed by atoms with Crippen molar-refractivity contribution in [2.24, 2.45) is 0 Å². The smallest absolute Gasteiger partial charge is 0.274 e. The Morgan fingerprint density at radius 1 is 0.974 bits per heavy atom. The van der Waals surface area contributed by atoms with E-state index in [9.17, 15) is 14.4 Å². The molecule has 3 amide bonds. The highest BCUT2D eigenvalue weighted by atomic mass is 79.9. The number of aromatic nitrogens is 1. The largest absolute Gasteiger partial charge is 0.349 e. The molecule has 2 N–H and O–H groups in total. The molecule has 2 aromatic carbocycles. The maximum atomic E-state index is 13.6. The van der Waals surface area contributed by atoms with Gasteiger partial charge in [0.05, 0.1) is 10.6 Å². The summed E-state index contributed by atoms with van der Waals surface area (Å²) in [6.45, 7) is 0.496. The maximum absolute atomic E-state index is 13.6. The first-order valence-electron chi connectivity index (χ1n) is 12.3. The normalized spacial score (nSPS) is 14.2. The van der Waals surface area contributed by atoms with Crippen molar-refractivity contribution in [2.45, 2.75) is 25.3 Å². The van der Waals surface area contributed by atoms with Crippen molar-refractivity contribution in [1.82, 2.24) is 10.3 Å². The van der Waals surface area contributed by atoms with Gasteiger partial charge in [0.25, 0.3) is 17.7 Å². The lowest BCUT2D eigenvalue weighted by Crippen LogP contribution is -2.32. The number of carbonyl (C=O) groups excluding carboxylic acids is 3. The Morgan fingerprint density at radius 3 is 2.53 bits per heavy atom. The Balaban J connectivity index is 1.22. The summed E-state index contributed by atoms with van der Waals surface area (Å²) in [5.74, 6) is -0.465. The van der Waals surface area contributed by atoms with Crippen LogP contribution in [0.4, 0.5) is 11.4 Å². The highest BCUT2D eigenvalue weighted by Gasteiger charge is 2.29. The van der Waals surface area contributed by atoms with Crippen molar-refractivity contribution < 1.29 is 14.4 Å². The number of pyridine rings is 1. The average Bonchev–Trinajstić information content (AvgIpc) is 3.67. The van der Waals surface area contributed by atoms with Gasteiger partial charge in [0, 0.05) is 44.9 Å². The van der Waals surface area contributed by atoms with Crippen LogP contribution < -0.4 is 15.5 Å². The standard InChI is InChI=1S/C29H23BrN4O3S/c30-19-11-13-31-23(16-19)27(35)32-20-7-5-17(6-8-20)29(37)34-14-12-18-15-25(28(36)33-21-9-10-21)38-26(18)22-3-1-2-4-24(22)34/h1-8,11,13,15-16,21H,9-10,12,14H2,(H,32,35)(H,33,36). The summed E-state index contributed by atoms with van der Waals surface area (Å²) in [5, 5.41) is 5.89. The number of amides is 3. The molecule has 38 heavy (non-hydrogen) atoms. The number of thiophene rings is 1. The molecule has 0 radical (unpaired) electrons. The van der Waals surface area contributed by atoms with Crippen LogP contribution in [0.25, 0.3) is 10.4 Å². The molecule has 0 spiro atoms. The summed E-state index contributed by atoms with van der Waals surface area (Å²) in [4.78, 5) is 46.5.